The molecule has 1 aliphatic carbocycles. The summed E-state index contributed by atoms with van der Waals surface area (Å²) in [5.74, 6) is -0.540. The van der Waals surface area contributed by atoms with Gasteiger partial charge in [0.2, 0.25) is 0 Å². The van der Waals surface area contributed by atoms with E-state index >= 15 is 0 Å². The minimum atomic E-state index is -2.92. The molecule has 1 saturated carbocycles. The highest BCUT2D eigenvalue weighted by molar-refractivity contribution is 5.95. The van der Waals surface area contributed by atoms with Crippen LogP contribution in [0.5, 0.6) is 5.75 Å². The molecule has 25 heavy (non-hydrogen) atoms. The Hall–Kier alpha value is -2.64. The van der Waals surface area contributed by atoms with Crippen LogP contribution in [0, 0.1) is 0 Å². The summed E-state index contributed by atoms with van der Waals surface area (Å²) in [7, 11) is 1.27. The van der Waals surface area contributed by atoms with Crippen molar-refractivity contribution in [3.8, 4) is 5.75 Å². The summed E-state index contributed by atoms with van der Waals surface area (Å²) in [6.45, 7) is -1.20. The largest absolute Gasteiger partial charge is 0.466 e. The number of nitrogens with one attached hydrogen (secondary N) is 1. The average molecular weight is 352 g/mol. The Morgan fingerprint density at radius 1 is 1.28 bits per heavy atom. The van der Waals surface area contributed by atoms with Crippen LogP contribution in [0.15, 0.2) is 35.5 Å². The molecule has 8 heteroatoms. The van der Waals surface area contributed by atoms with Gasteiger partial charge in [-0.15, -0.1) is 0 Å². The topological polar surface area (TPSA) is 67.9 Å². The van der Waals surface area contributed by atoms with Gasteiger partial charge in [-0.3, -0.25) is 4.90 Å². The summed E-state index contributed by atoms with van der Waals surface area (Å²) >= 11 is 0. The highest BCUT2D eigenvalue weighted by Gasteiger charge is 2.42. The minimum absolute atomic E-state index is 0.000752. The van der Waals surface area contributed by atoms with E-state index in [2.05, 4.69) is 10.1 Å². The number of methoxy groups -OCH3 is 1. The maximum absolute atomic E-state index is 12.4. The molecule has 0 unspecified atom stereocenters. The molecule has 0 bridgehead atoms. The predicted octanol–water partition coefficient (Wildman–Crippen LogP) is 2.96. The summed E-state index contributed by atoms with van der Waals surface area (Å²) in [5, 5.41) is 2.80. The Balaban J connectivity index is 1.95. The fourth-order valence-corrected chi connectivity index (χ4v) is 3.00. The Morgan fingerprint density at radius 3 is 2.44 bits per heavy atom. The van der Waals surface area contributed by atoms with Gasteiger partial charge in [-0.25, -0.2) is 9.59 Å². The van der Waals surface area contributed by atoms with Crippen molar-refractivity contribution in [2.45, 2.75) is 38.5 Å². The number of rotatable bonds is 5. The first-order valence-electron chi connectivity index (χ1n) is 7.86. The molecule has 3 rings (SSSR count). The number of alkyl halides is 2. The summed E-state index contributed by atoms with van der Waals surface area (Å²) in [4.78, 5) is 26.3. The molecule has 0 radical (unpaired) electrons. The molecule has 1 N–H and O–H groups in total. The van der Waals surface area contributed by atoms with Crippen molar-refractivity contribution in [3.05, 3.63) is 41.1 Å². The first kappa shape index (κ1) is 17.2. The second kappa shape index (κ2) is 6.70. The van der Waals surface area contributed by atoms with Gasteiger partial charge in [-0.1, -0.05) is 12.1 Å². The lowest BCUT2D eigenvalue weighted by atomic mass is 9.94. The molecule has 134 valence electrons. The number of hydrogen-bond acceptors (Lipinski definition) is 4. The van der Waals surface area contributed by atoms with Crippen molar-refractivity contribution in [2.75, 3.05) is 7.11 Å². The van der Waals surface area contributed by atoms with Crippen molar-refractivity contribution in [2.24, 2.45) is 0 Å². The van der Waals surface area contributed by atoms with Gasteiger partial charge in [0.15, 0.2) is 0 Å². The van der Waals surface area contributed by atoms with E-state index in [1.165, 1.54) is 31.4 Å². The second-order valence-corrected chi connectivity index (χ2v) is 5.92. The lowest BCUT2D eigenvalue weighted by molar-refractivity contribution is -0.136. The molecule has 1 fully saturated rings. The number of amides is 2. The smallest absolute Gasteiger partial charge is 0.387 e. The molecule has 1 atom stereocenters. The monoisotopic (exact) mass is 352 g/mol. The van der Waals surface area contributed by atoms with E-state index in [9.17, 15) is 18.4 Å². The zero-order valence-electron chi connectivity index (χ0n) is 13.8. The van der Waals surface area contributed by atoms with Crippen molar-refractivity contribution >= 4 is 12.0 Å². The van der Waals surface area contributed by atoms with Crippen LogP contribution in [-0.4, -0.2) is 36.7 Å². The van der Waals surface area contributed by atoms with Crippen LogP contribution in [-0.2, 0) is 9.53 Å². The van der Waals surface area contributed by atoms with Crippen LogP contribution < -0.4 is 10.1 Å². The predicted molar refractivity (Wildman–Crippen MR) is 83.9 cm³/mol. The molecule has 2 amide bonds. The zero-order chi connectivity index (χ0) is 18.1. The Labute approximate surface area is 143 Å². The Kier molecular flexibility index (Phi) is 4.61. The maximum Gasteiger partial charge on any atom is 0.387 e. The van der Waals surface area contributed by atoms with Crippen molar-refractivity contribution in [1.29, 1.82) is 0 Å². The highest BCUT2D eigenvalue weighted by atomic mass is 19.3. The van der Waals surface area contributed by atoms with Gasteiger partial charge in [-0.2, -0.15) is 8.78 Å². The Bertz CT molecular complexity index is 714. The van der Waals surface area contributed by atoms with E-state index in [1.54, 1.807) is 11.8 Å². The van der Waals surface area contributed by atoms with Crippen molar-refractivity contribution < 1.29 is 27.8 Å². The fraction of sp³-hybridized carbons (Fsp3) is 0.412. The summed E-state index contributed by atoms with van der Waals surface area (Å²) in [5.41, 5.74) is 1.46. The van der Waals surface area contributed by atoms with Gasteiger partial charge in [0, 0.05) is 11.7 Å². The van der Waals surface area contributed by atoms with Crippen LogP contribution >= 0.6 is 0 Å². The number of ether oxygens (including phenoxy) is 2. The number of nitrogens with zero attached hydrogens (tertiary/aromatic N) is 1. The van der Waals surface area contributed by atoms with Crippen LogP contribution in [0.2, 0.25) is 0 Å². The van der Waals surface area contributed by atoms with E-state index < -0.39 is 18.6 Å². The third-order valence-corrected chi connectivity index (χ3v) is 4.28. The number of carbonyl (C=O) groups is 2. The lowest BCUT2D eigenvalue weighted by Crippen LogP contribution is -2.48. The number of carbonyl (C=O) groups excluding carboxylic acids is 2. The summed E-state index contributed by atoms with van der Waals surface area (Å²) in [6.07, 6.45) is 1.78. The molecule has 1 aromatic rings. The van der Waals surface area contributed by atoms with Crippen LogP contribution in [0.3, 0.4) is 0 Å². The molecule has 0 saturated heterocycles. The van der Waals surface area contributed by atoms with E-state index in [0.29, 0.717) is 16.8 Å². The first-order valence-corrected chi connectivity index (χ1v) is 7.86. The van der Waals surface area contributed by atoms with Gasteiger partial charge >= 0.3 is 18.6 Å². The molecule has 2 aliphatic rings. The Morgan fingerprint density at radius 2 is 1.92 bits per heavy atom. The number of urea groups is 1. The molecule has 1 aromatic carbocycles. The standard InChI is InChI=1S/C17H18F2N2O4/c1-9-13(15(22)24-2)14(20-17(23)21(9)11-5-6-11)10-3-7-12(8-4-10)25-16(18)19/h3-4,7-8,11,14,16H,5-6H2,1-2H3,(H,20,23)/t14-/m0/s1. The van der Waals surface area contributed by atoms with Gasteiger partial charge in [0.25, 0.3) is 0 Å². The van der Waals surface area contributed by atoms with Gasteiger partial charge in [0.1, 0.15) is 5.75 Å². The van der Waals surface area contributed by atoms with Crippen LogP contribution in [0.1, 0.15) is 31.4 Å². The number of halogens is 2. The van der Waals surface area contributed by atoms with E-state index in [1.807, 2.05) is 0 Å². The third kappa shape index (κ3) is 3.42. The molecule has 6 nitrogen and oxygen atoms in total. The van der Waals surface area contributed by atoms with Crippen molar-refractivity contribution in [3.63, 3.8) is 0 Å². The van der Waals surface area contributed by atoms with E-state index in [-0.39, 0.29) is 17.8 Å². The van der Waals surface area contributed by atoms with Gasteiger partial charge in [-0.05, 0) is 37.5 Å². The minimum Gasteiger partial charge on any atom is -0.466 e. The fourth-order valence-electron chi connectivity index (χ4n) is 3.00. The number of benzene rings is 1. The SMILES string of the molecule is COC(=O)C1=C(C)N(C2CC2)C(=O)N[C@H]1c1ccc(OC(F)F)cc1. The third-order valence-electron chi connectivity index (χ3n) is 4.28. The van der Waals surface area contributed by atoms with Crippen LogP contribution in [0.25, 0.3) is 0 Å². The first-order chi connectivity index (χ1) is 11.9. The van der Waals surface area contributed by atoms with Crippen molar-refractivity contribution in [1.82, 2.24) is 10.2 Å². The van der Waals surface area contributed by atoms with Crippen LogP contribution in [0.4, 0.5) is 13.6 Å². The molecule has 1 heterocycles. The molecular weight excluding hydrogens is 334 g/mol. The number of allylic oxidation sites excluding steroid dienone is 1. The summed E-state index contributed by atoms with van der Waals surface area (Å²) in [6, 6.07) is 4.90. The molecule has 0 spiro atoms. The maximum atomic E-state index is 12.4. The zero-order valence-corrected chi connectivity index (χ0v) is 13.8. The van der Waals surface area contributed by atoms with Gasteiger partial charge in [0.05, 0.1) is 18.7 Å². The second-order valence-electron chi connectivity index (χ2n) is 5.92. The van der Waals surface area contributed by atoms with E-state index in [4.69, 9.17) is 4.74 Å². The quantitative estimate of drug-likeness (QED) is 0.828. The number of hydrogen-bond donors (Lipinski definition) is 1. The average Bonchev–Trinajstić information content (AvgIpc) is 3.38. The molecular formula is C17H18F2N2O4. The van der Waals surface area contributed by atoms with E-state index in [0.717, 1.165) is 12.8 Å². The summed E-state index contributed by atoms with van der Waals surface area (Å²) < 4.78 is 33.7. The lowest BCUT2D eigenvalue weighted by Gasteiger charge is -2.35. The normalized spacial score (nSPS) is 20.6. The molecule has 1 aliphatic heterocycles. The highest BCUT2D eigenvalue weighted by Crippen LogP contribution is 2.38. The number of esters is 1. The van der Waals surface area contributed by atoms with Gasteiger partial charge < -0.3 is 14.8 Å². The molecule has 0 aromatic heterocycles.